The van der Waals surface area contributed by atoms with Crippen LogP contribution in [0.5, 0.6) is 5.75 Å². The molecule has 0 spiro atoms. The number of imidazole rings is 1. The molecule has 4 heteroatoms. The van der Waals surface area contributed by atoms with Gasteiger partial charge in [-0.05, 0) is 31.5 Å². The van der Waals surface area contributed by atoms with Crippen LogP contribution < -0.4 is 10.1 Å². The fourth-order valence-corrected chi connectivity index (χ4v) is 2.57. The largest absolute Gasteiger partial charge is 0.494 e. The van der Waals surface area contributed by atoms with Gasteiger partial charge in [-0.1, -0.05) is 6.07 Å². The van der Waals surface area contributed by atoms with Gasteiger partial charge in [0.25, 0.3) is 0 Å². The quantitative estimate of drug-likeness (QED) is 0.859. The van der Waals surface area contributed by atoms with Gasteiger partial charge in [0.15, 0.2) is 0 Å². The lowest BCUT2D eigenvalue weighted by molar-refractivity contribution is 0.371. The van der Waals surface area contributed by atoms with Crippen LogP contribution in [-0.4, -0.2) is 29.8 Å². The Hall–Kier alpha value is -1.55. The maximum atomic E-state index is 5.44. The summed E-state index contributed by atoms with van der Waals surface area (Å²) in [7, 11) is 1.71. The first-order valence-electron chi connectivity index (χ1n) is 6.10. The minimum atomic E-state index is 0.491. The molecule has 1 saturated heterocycles. The molecule has 3 rings (SSSR count). The molecule has 0 amide bonds. The van der Waals surface area contributed by atoms with Crippen LogP contribution in [0.25, 0.3) is 11.0 Å². The number of fused-ring (bicyclic) bond motifs is 1. The van der Waals surface area contributed by atoms with Crippen LogP contribution in [-0.2, 0) is 0 Å². The maximum absolute atomic E-state index is 5.44. The van der Waals surface area contributed by atoms with Crippen molar-refractivity contribution in [3.05, 3.63) is 24.5 Å². The third-order valence-corrected chi connectivity index (χ3v) is 3.44. The van der Waals surface area contributed by atoms with Crippen molar-refractivity contribution in [2.45, 2.75) is 18.9 Å². The third-order valence-electron chi connectivity index (χ3n) is 3.44. The van der Waals surface area contributed by atoms with Gasteiger partial charge in [-0.2, -0.15) is 0 Å². The average molecular weight is 231 g/mol. The Morgan fingerprint density at radius 1 is 1.47 bits per heavy atom. The molecule has 2 aromatic rings. The van der Waals surface area contributed by atoms with E-state index in [0.717, 1.165) is 29.9 Å². The number of rotatable bonds is 2. The number of nitrogens with one attached hydrogen (secondary N) is 1. The van der Waals surface area contributed by atoms with Gasteiger partial charge in [0, 0.05) is 12.6 Å². The number of methoxy groups -OCH3 is 1. The number of nitrogens with zero attached hydrogens (tertiary/aromatic N) is 2. The summed E-state index contributed by atoms with van der Waals surface area (Å²) in [6, 6.07) is 6.50. The van der Waals surface area contributed by atoms with Gasteiger partial charge in [-0.15, -0.1) is 0 Å². The van der Waals surface area contributed by atoms with Gasteiger partial charge >= 0.3 is 0 Å². The zero-order chi connectivity index (χ0) is 11.7. The second-order valence-corrected chi connectivity index (χ2v) is 4.48. The van der Waals surface area contributed by atoms with E-state index >= 15 is 0 Å². The van der Waals surface area contributed by atoms with Crippen molar-refractivity contribution < 1.29 is 4.74 Å². The van der Waals surface area contributed by atoms with E-state index in [-0.39, 0.29) is 0 Å². The molecule has 1 atom stereocenters. The average Bonchev–Trinajstić information content (AvgIpc) is 2.83. The SMILES string of the molecule is COc1cccc2ncn(C3CCCNC3)c12. The second-order valence-electron chi connectivity index (χ2n) is 4.48. The fourth-order valence-electron chi connectivity index (χ4n) is 2.57. The molecule has 0 aliphatic carbocycles. The summed E-state index contributed by atoms with van der Waals surface area (Å²) in [4.78, 5) is 4.46. The van der Waals surface area contributed by atoms with Gasteiger partial charge in [0.05, 0.1) is 19.0 Å². The summed E-state index contributed by atoms with van der Waals surface area (Å²) >= 11 is 0. The first-order chi connectivity index (χ1) is 8.40. The summed E-state index contributed by atoms with van der Waals surface area (Å²) in [5.41, 5.74) is 2.12. The van der Waals surface area contributed by atoms with E-state index in [4.69, 9.17) is 4.74 Å². The highest BCUT2D eigenvalue weighted by Gasteiger charge is 2.18. The van der Waals surface area contributed by atoms with E-state index in [0.29, 0.717) is 6.04 Å². The Balaban J connectivity index is 2.09. The molecule has 1 aromatic carbocycles. The minimum Gasteiger partial charge on any atom is -0.494 e. The molecule has 1 unspecified atom stereocenters. The molecule has 0 radical (unpaired) electrons. The smallest absolute Gasteiger partial charge is 0.144 e. The van der Waals surface area contributed by atoms with Crippen molar-refractivity contribution in [1.29, 1.82) is 0 Å². The van der Waals surface area contributed by atoms with Crippen LogP contribution in [0.15, 0.2) is 24.5 Å². The van der Waals surface area contributed by atoms with E-state index in [1.807, 2.05) is 24.5 Å². The number of aromatic nitrogens is 2. The summed E-state index contributed by atoms with van der Waals surface area (Å²) in [6.07, 6.45) is 4.36. The summed E-state index contributed by atoms with van der Waals surface area (Å²) < 4.78 is 7.69. The highest BCUT2D eigenvalue weighted by molar-refractivity contribution is 5.82. The van der Waals surface area contributed by atoms with Gasteiger partial charge in [-0.3, -0.25) is 0 Å². The number of para-hydroxylation sites is 1. The highest BCUT2D eigenvalue weighted by Crippen LogP contribution is 2.29. The molecule has 4 nitrogen and oxygen atoms in total. The molecule has 90 valence electrons. The Morgan fingerprint density at radius 3 is 3.18 bits per heavy atom. The van der Waals surface area contributed by atoms with Crippen molar-refractivity contribution >= 4 is 11.0 Å². The predicted octanol–water partition coefficient (Wildman–Crippen LogP) is 1.97. The van der Waals surface area contributed by atoms with Crippen molar-refractivity contribution in [3.8, 4) is 5.75 Å². The molecule has 1 aliphatic heterocycles. The number of benzene rings is 1. The predicted molar refractivity (Wildman–Crippen MR) is 67.4 cm³/mol. The normalized spacial score (nSPS) is 20.6. The maximum Gasteiger partial charge on any atom is 0.144 e. The lowest BCUT2D eigenvalue weighted by Crippen LogP contribution is -2.31. The Bertz CT molecular complexity index is 514. The van der Waals surface area contributed by atoms with Crippen LogP contribution in [0.1, 0.15) is 18.9 Å². The van der Waals surface area contributed by atoms with Crippen molar-refractivity contribution in [2.75, 3.05) is 20.2 Å². The molecule has 1 N–H and O–H groups in total. The zero-order valence-corrected chi connectivity index (χ0v) is 10.0. The fraction of sp³-hybridized carbons (Fsp3) is 0.462. The molecule has 1 aliphatic rings. The number of hydrogen-bond acceptors (Lipinski definition) is 3. The number of piperidine rings is 1. The lowest BCUT2D eigenvalue weighted by Gasteiger charge is -2.25. The minimum absolute atomic E-state index is 0.491. The molecular weight excluding hydrogens is 214 g/mol. The van der Waals surface area contributed by atoms with Crippen molar-refractivity contribution in [1.82, 2.24) is 14.9 Å². The molecule has 2 heterocycles. The van der Waals surface area contributed by atoms with Crippen LogP contribution in [0.3, 0.4) is 0 Å². The second kappa shape index (κ2) is 4.37. The summed E-state index contributed by atoms with van der Waals surface area (Å²) in [6.45, 7) is 2.14. The molecule has 0 bridgehead atoms. The number of ether oxygens (including phenoxy) is 1. The van der Waals surface area contributed by atoms with E-state index in [9.17, 15) is 0 Å². The standard InChI is InChI=1S/C13H17N3O/c1-17-12-6-2-5-11-13(12)16(9-15-11)10-4-3-7-14-8-10/h2,5-6,9-10,14H,3-4,7-8H2,1H3. The molecule has 1 aromatic heterocycles. The molecular formula is C13H17N3O. The van der Waals surface area contributed by atoms with Crippen molar-refractivity contribution in [2.24, 2.45) is 0 Å². The van der Waals surface area contributed by atoms with E-state index in [1.54, 1.807) is 7.11 Å². The first kappa shape index (κ1) is 10.6. The zero-order valence-electron chi connectivity index (χ0n) is 10.0. The van der Waals surface area contributed by atoms with Crippen LogP contribution >= 0.6 is 0 Å². The van der Waals surface area contributed by atoms with Gasteiger partial charge in [0.2, 0.25) is 0 Å². The van der Waals surface area contributed by atoms with Gasteiger partial charge < -0.3 is 14.6 Å². The molecule has 17 heavy (non-hydrogen) atoms. The lowest BCUT2D eigenvalue weighted by atomic mass is 10.1. The van der Waals surface area contributed by atoms with Gasteiger partial charge in [0.1, 0.15) is 11.3 Å². The Morgan fingerprint density at radius 2 is 2.41 bits per heavy atom. The van der Waals surface area contributed by atoms with Crippen LogP contribution in [0.4, 0.5) is 0 Å². The van der Waals surface area contributed by atoms with Crippen LogP contribution in [0, 0.1) is 0 Å². The topological polar surface area (TPSA) is 39.1 Å². The molecule has 0 saturated carbocycles. The summed E-state index contributed by atoms with van der Waals surface area (Å²) in [5, 5.41) is 3.44. The first-order valence-corrected chi connectivity index (χ1v) is 6.10. The Labute approximate surface area is 101 Å². The monoisotopic (exact) mass is 231 g/mol. The molecule has 1 fully saturated rings. The van der Waals surface area contributed by atoms with Crippen molar-refractivity contribution in [3.63, 3.8) is 0 Å². The van der Waals surface area contributed by atoms with E-state index in [1.165, 1.54) is 12.8 Å². The van der Waals surface area contributed by atoms with Crippen LogP contribution in [0.2, 0.25) is 0 Å². The van der Waals surface area contributed by atoms with E-state index < -0.39 is 0 Å². The third kappa shape index (κ3) is 1.78. The number of hydrogen-bond donors (Lipinski definition) is 1. The van der Waals surface area contributed by atoms with E-state index in [2.05, 4.69) is 14.9 Å². The van der Waals surface area contributed by atoms with Gasteiger partial charge in [-0.25, -0.2) is 4.98 Å². The highest BCUT2D eigenvalue weighted by atomic mass is 16.5. The Kier molecular flexibility index (Phi) is 2.73. The summed E-state index contributed by atoms with van der Waals surface area (Å²) in [5.74, 6) is 0.908.